The number of fused-ring (bicyclic) bond motifs is 1. The van der Waals surface area contributed by atoms with Gasteiger partial charge in [-0.3, -0.25) is 0 Å². The second-order valence-electron chi connectivity index (χ2n) is 4.50. The molecule has 0 saturated heterocycles. The Labute approximate surface area is 105 Å². The first kappa shape index (κ1) is 12.1. The number of hydrogen-bond donors (Lipinski definition) is 1. The Kier molecular flexibility index (Phi) is 3.22. The molecule has 0 atom stereocenters. The lowest BCUT2D eigenvalue weighted by atomic mass is 9.92. The second-order valence-corrected chi connectivity index (χ2v) is 4.79. The summed E-state index contributed by atoms with van der Waals surface area (Å²) in [6.07, 6.45) is 0.450. The summed E-state index contributed by atoms with van der Waals surface area (Å²) in [5.74, 6) is 0.823. The van der Waals surface area contributed by atoms with Crippen LogP contribution in [0.1, 0.15) is 19.4 Å². The highest BCUT2D eigenvalue weighted by atomic mass is 28.1. The van der Waals surface area contributed by atoms with E-state index in [9.17, 15) is 5.11 Å². The fourth-order valence-corrected chi connectivity index (χ4v) is 2.16. The lowest BCUT2D eigenvalue weighted by Gasteiger charge is -2.21. The summed E-state index contributed by atoms with van der Waals surface area (Å²) in [5.41, 5.74) is 0.0564. The van der Waals surface area contributed by atoms with Crippen LogP contribution in [-0.4, -0.2) is 21.6 Å². The maximum absolute atomic E-state index is 10.2. The maximum Gasteiger partial charge on any atom is 0.126 e. The molecule has 0 aliphatic rings. The average Bonchev–Trinajstić information content (AvgIpc) is 2.28. The summed E-state index contributed by atoms with van der Waals surface area (Å²) < 4.78 is 5.52. The Morgan fingerprint density at radius 3 is 2.35 bits per heavy atom. The Morgan fingerprint density at radius 1 is 1.12 bits per heavy atom. The molecule has 0 bridgehead atoms. The Bertz CT molecular complexity index is 529. The molecule has 0 aromatic heterocycles. The smallest absolute Gasteiger partial charge is 0.126 e. The molecule has 2 nitrogen and oxygen atoms in total. The van der Waals surface area contributed by atoms with E-state index < -0.39 is 5.60 Å². The Hall–Kier alpha value is -1.32. The van der Waals surface area contributed by atoms with Gasteiger partial charge in [-0.15, -0.1) is 0 Å². The highest BCUT2D eigenvalue weighted by Crippen LogP contribution is 2.33. The third-order valence-corrected chi connectivity index (χ3v) is 2.92. The predicted molar refractivity (Wildman–Crippen MR) is 70.4 cm³/mol. The lowest BCUT2D eigenvalue weighted by Crippen LogP contribution is -2.16. The molecule has 0 aliphatic carbocycles. The minimum Gasteiger partial charge on any atom is -0.497 e. The molecule has 0 saturated carbocycles. The van der Waals surface area contributed by atoms with Crippen molar-refractivity contribution in [3.05, 3.63) is 42.0 Å². The van der Waals surface area contributed by atoms with Crippen molar-refractivity contribution in [1.82, 2.24) is 0 Å². The molecule has 3 heteroatoms. The van der Waals surface area contributed by atoms with Gasteiger partial charge in [0.1, 0.15) is 5.75 Å². The highest BCUT2D eigenvalue weighted by molar-refractivity contribution is 6.08. The Morgan fingerprint density at radius 2 is 1.76 bits per heavy atom. The standard InChI is InChI=1S/C14H15O2Si/c1-14(2,15)12-7-8-13(16-9-17)11-6-4-3-5-10(11)12/h3-8,15H,9H2,1-2H3. The average molecular weight is 243 g/mol. The van der Waals surface area contributed by atoms with Crippen LogP contribution in [0.2, 0.25) is 0 Å². The first-order valence-corrected chi connectivity index (χ1v) is 6.27. The normalized spacial score (nSPS) is 11.8. The van der Waals surface area contributed by atoms with E-state index in [0.29, 0.717) is 6.23 Å². The van der Waals surface area contributed by atoms with Gasteiger partial charge >= 0.3 is 0 Å². The minimum atomic E-state index is -0.855. The van der Waals surface area contributed by atoms with Crippen molar-refractivity contribution in [1.29, 1.82) is 0 Å². The van der Waals surface area contributed by atoms with E-state index in [-0.39, 0.29) is 0 Å². The zero-order chi connectivity index (χ0) is 12.5. The summed E-state index contributed by atoms with van der Waals surface area (Å²) in [6.45, 7) is 3.58. The van der Waals surface area contributed by atoms with Crippen molar-refractivity contribution in [2.24, 2.45) is 0 Å². The monoisotopic (exact) mass is 243 g/mol. The molecule has 0 amide bonds. The van der Waals surface area contributed by atoms with Gasteiger partial charge in [0.15, 0.2) is 0 Å². The first-order valence-electron chi connectivity index (χ1n) is 5.56. The largest absolute Gasteiger partial charge is 0.497 e. The van der Waals surface area contributed by atoms with Gasteiger partial charge in [-0.1, -0.05) is 30.3 Å². The maximum atomic E-state index is 10.2. The fraction of sp³-hybridized carbons (Fsp3) is 0.286. The van der Waals surface area contributed by atoms with Crippen LogP contribution in [-0.2, 0) is 5.60 Å². The van der Waals surface area contributed by atoms with Crippen molar-refractivity contribution in [2.45, 2.75) is 19.4 Å². The molecule has 2 aromatic rings. The molecule has 2 rings (SSSR count). The summed E-state index contributed by atoms with van der Waals surface area (Å²) in [4.78, 5) is 0. The summed E-state index contributed by atoms with van der Waals surface area (Å²) in [5, 5.41) is 12.2. The topological polar surface area (TPSA) is 29.5 Å². The Balaban J connectivity index is 2.71. The zero-order valence-corrected chi connectivity index (χ0v) is 11.0. The van der Waals surface area contributed by atoms with Crippen LogP contribution in [0.5, 0.6) is 5.75 Å². The van der Waals surface area contributed by atoms with Crippen molar-refractivity contribution in [3.63, 3.8) is 0 Å². The molecule has 0 fully saturated rings. The molecule has 0 unspecified atom stereocenters. The van der Waals surface area contributed by atoms with E-state index in [1.54, 1.807) is 13.8 Å². The van der Waals surface area contributed by atoms with Crippen molar-refractivity contribution < 1.29 is 9.84 Å². The number of benzene rings is 2. The second kappa shape index (κ2) is 4.51. The highest BCUT2D eigenvalue weighted by Gasteiger charge is 2.19. The van der Waals surface area contributed by atoms with Crippen LogP contribution in [0.25, 0.3) is 10.8 Å². The number of ether oxygens (including phenoxy) is 1. The molecular weight excluding hydrogens is 228 g/mol. The van der Waals surface area contributed by atoms with Crippen molar-refractivity contribution in [3.8, 4) is 5.75 Å². The van der Waals surface area contributed by atoms with E-state index in [1.165, 1.54) is 0 Å². The quantitative estimate of drug-likeness (QED) is 0.840. The molecular formula is C14H15O2Si. The molecule has 1 N–H and O–H groups in total. The van der Waals surface area contributed by atoms with Gasteiger partial charge in [-0.05, 0) is 30.9 Å². The fourth-order valence-electron chi connectivity index (χ4n) is 2.01. The van der Waals surface area contributed by atoms with E-state index in [0.717, 1.165) is 22.1 Å². The van der Waals surface area contributed by atoms with Gasteiger partial charge in [0.05, 0.1) is 22.1 Å². The van der Waals surface area contributed by atoms with Crippen molar-refractivity contribution >= 4 is 21.0 Å². The zero-order valence-electron chi connectivity index (χ0n) is 10.0. The molecule has 3 radical (unpaired) electrons. The van der Waals surface area contributed by atoms with Gasteiger partial charge in [0.25, 0.3) is 0 Å². The molecule has 0 spiro atoms. The number of rotatable bonds is 3. The predicted octanol–water partition coefficient (Wildman–Crippen LogP) is 2.57. The van der Waals surface area contributed by atoms with Gasteiger partial charge in [-0.2, -0.15) is 0 Å². The van der Waals surface area contributed by atoms with Crippen LogP contribution in [0.3, 0.4) is 0 Å². The summed E-state index contributed by atoms with van der Waals surface area (Å²) in [6, 6.07) is 11.8. The third-order valence-electron chi connectivity index (χ3n) is 2.77. The first-order chi connectivity index (χ1) is 8.04. The van der Waals surface area contributed by atoms with Crippen LogP contribution < -0.4 is 4.74 Å². The van der Waals surface area contributed by atoms with Gasteiger partial charge < -0.3 is 9.84 Å². The minimum absolute atomic E-state index is 0.450. The van der Waals surface area contributed by atoms with Crippen molar-refractivity contribution in [2.75, 3.05) is 6.23 Å². The van der Waals surface area contributed by atoms with E-state index in [1.807, 2.05) is 36.4 Å². The van der Waals surface area contributed by atoms with E-state index in [2.05, 4.69) is 10.2 Å². The van der Waals surface area contributed by atoms with Crippen LogP contribution in [0.4, 0.5) is 0 Å². The summed E-state index contributed by atoms with van der Waals surface area (Å²) >= 11 is 0. The molecule has 87 valence electrons. The van der Waals surface area contributed by atoms with Gasteiger partial charge in [0, 0.05) is 5.39 Å². The SMILES string of the molecule is CC(C)(O)c1ccc(OC[Si])c2ccccc12. The molecule has 0 aliphatic heterocycles. The molecule has 17 heavy (non-hydrogen) atoms. The number of hydrogen-bond acceptors (Lipinski definition) is 2. The van der Waals surface area contributed by atoms with Crippen LogP contribution >= 0.6 is 0 Å². The van der Waals surface area contributed by atoms with E-state index in [4.69, 9.17) is 4.74 Å². The van der Waals surface area contributed by atoms with Gasteiger partial charge in [-0.25, -0.2) is 0 Å². The summed E-state index contributed by atoms with van der Waals surface area (Å²) in [7, 11) is 3.31. The van der Waals surface area contributed by atoms with Crippen LogP contribution in [0.15, 0.2) is 36.4 Å². The third kappa shape index (κ3) is 2.35. The van der Waals surface area contributed by atoms with Gasteiger partial charge in [0.2, 0.25) is 0 Å². The molecule has 0 heterocycles. The lowest BCUT2D eigenvalue weighted by molar-refractivity contribution is 0.0802. The molecule has 2 aromatic carbocycles. The van der Waals surface area contributed by atoms with Crippen LogP contribution in [0, 0.1) is 0 Å². The number of aliphatic hydroxyl groups is 1. The van der Waals surface area contributed by atoms with E-state index >= 15 is 0 Å².